The van der Waals surface area contributed by atoms with Gasteiger partial charge in [-0.25, -0.2) is 0 Å². The first-order chi connectivity index (χ1) is 16.4. The van der Waals surface area contributed by atoms with Crippen molar-refractivity contribution in [3.05, 3.63) is 64.2 Å². The number of benzene rings is 2. The fraction of sp³-hybridized carbons (Fsp3) is 0.385. The molecule has 0 radical (unpaired) electrons. The van der Waals surface area contributed by atoms with Crippen molar-refractivity contribution in [2.75, 3.05) is 39.9 Å². The fourth-order valence-corrected chi connectivity index (χ4v) is 4.26. The third-order valence-electron chi connectivity index (χ3n) is 6.01. The molecule has 0 aliphatic carbocycles. The summed E-state index contributed by atoms with van der Waals surface area (Å²) in [5, 5.41) is 11.7. The lowest BCUT2D eigenvalue weighted by Crippen LogP contribution is -2.38. The van der Waals surface area contributed by atoms with E-state index in [1.54, 1.807) is 42.5 Å². The minimum Gasteiger partial charge on any atom is -0.507 e. The third-order valence-corrected chi connectivity index (χ3v) is 6.26. The number of aliphatic hydroxyl groups is 1. The Balaban J connectivity index is 2.14. The number of hydrogen-bond donors (Lipinski definition) is 1. The molecule has 0 saturated carbocycles. The van der Waals surface area contributed by atoms with E-state index in [9.17, 15) is 14.7 Å². The van der Waals surface area contributed by atoms with E-state index in [-0.39, 0.29) is 11.3 Å². The van der Waals surface area contributed by atoms with Crippen LogP contribution in [0, 0.1) is 0 Å². The largest absolute Gasteiger partial charge is 0.507 e. The molecule has 8 heteroatoms. The van der Waals surface area contributed by atoms with Crippen LogP contribution in [0.1, 0.15) is 37.9 Å². The lowest BCUT2D eigenvalue weighted by molar-refractivity contribution is -0.140. The summed E-state index contributed by atoms with van der Waals surface area (Å²) in [6.45, 7) is 9.03. The minimum atomic E-state index is -0.768. The highest BCUT2D eigenvalue weighted by Gasteiger charge is 2.46. The third kappa shape index (κ3) is 5.21. The number of carbonyl (C=O) groups is 2. The Morgan fingerprint density at radius 1 is 1.06 bits per heavy atom. The first kappa shape index (κ1) is 25.6. The smallest absolute Gasteiger partial charge is 0.295 e. The molecule has 182 valence electrons. The van der Waals surface area contributed by atoms with Gasteiger partial charge in [-0.05, 0) is 62.0 Å². The maximum Gasteiger partial charge on any atom is 0.295 e. The Labute approximate surface area is 205 Å². The molecule has 2 aromatic carbocycles. The fourth-order valence-electron chi connectivity index (χ4n) is 4.14. The Morgan fingerprint density at radius 2 is 1.74 bits per heavy atom. The van der Waals surface area contributed by atoms with Crippen molar-refractivity contribution in [1.82, 2.24) is 9.80 Å². The standard InChI is InChI=1S/C26H31ClN2O5/c1-5-28(6-2)14-15-29-23(18-10-13-20(34-7-3)21(16-18)33-4)22(25(31)26(29)32)24(30)17-8-11-19(27)12-9-17/h8-13,16,23,30H,5-7,14-15H2,1-4H3/b24-22+/t23-/m1/s1. The maximum atomic E-state index is 13.2. The number of ketones is 1. The zero-order chi connectivity index (χ0) is 24.8. The highest BCUT2D eigenvalue weighted by Crippen LogP contribution is 2.42. The molecule has 1 saturated heterocycles. The summed E-state index contributed by atoms with van der Waals surface area (Å²) in [5.41, 5.74) is 1.10. The number of hydrogen-bond acceptors (Lipinski definition) is 6. The Kier molecular flexibility index (Phi) is 8.58. The van der Waals surface area contributed by atoms with Crippen LogP contribution in [0.2, 0.25) is 5.02 Å². The number of Topliss-reactive ketones (excluding diaryl/α,β-unsaturated/α-hetero) is 1. The maximum absolute atomic E-state index is 13.2. The molecular formula is C26H31ClN2O5. The molecule has 0 bridgehead atoms. The summed E-state index contributed by atoms with van der Waals surface area (Å²) in [6.07, 6.45) is 0. The van der Waals surface area contributed by atoms with Crippen molar-refractivity contribution in [1.29, 1.82) is 0 Å². The Hall–Kier alpha value is -3.03. The van der Waals surface area contributed by atoms with E-state index in [1.807, 2.05) is 20.8 Å². The van der Waals surface area contributed by atoms with Crippen LogP contribution >= 0.6 is 11.6 Å². The van der Waals surface area contributed by atoms with Crippen LogP contribution in [-0.2, 0) is 9.59 Å². The van der Waals surface area contributed by atoms with Gasteiger partial charge in [0.1, 0.15) is 5.76 Å². The average molecular weight is 487 g/mol. The van der Waals surface area contributed by atoms with Crippen molar-refractivity contribution in [2.24, 2.45) is 0 Å². The van der Waals surface area contributed by atoms with E-state index < -0.39 is 17.7 Å². The van der Waals surface area contributed by atoms with Gasteiger partial charge in [-0.15, -0.1) is 0 Å². The van der Waals surface area contributed by atoms with E-state index in [4.69, 9.17) is 21.1 Å². The highest BCUT2D eigenvalue weighted by atomic mass is 35.5. The summed E-state index contributed by atoms with van der Waals surface area (Å²) in [4.78, 5) is 30.0. The number of amides is 1. The van der Waals surface area contributed by atoms with Crippen molar-refractivity contribution >= 4 is 29.1 Å². The van der Waals surface area contributed by atoms with Gasteiger partial charge in [0.25, 0.3) is 11.7 Å². The van der Waals surface area contributed by atoms with E-state index >= 15 is 0 Å². The minimum absolute atomic E-state index is 0.0399. The molecule has 1 aliphatic rings. The van der Waals surface area contributed by atoms with Gasteiger partial charge in [0.15, 0.2) is 11.5 Å². The number of aliphatic hydroxyl groups excluding tert-OH is 1. The molecule has 1 fully saturated rings. The number of methoxy groups -OCH3 is 1. The molecule has 1 atom stereocenters. The molecule has 0 aromatic heterocycles. The van der Waals surface area contributed by atoms with E-state index in [0.717, 1.165) is 13.1 Å². The predicted molar refractivity (Wildman–Crippen MR) is 132 cm³/mol. The highest BCUT2D eigenvalue weighted by molar-refractivity contribution is 6.46. The molecule has 3 rings (SSSR count). The second-order valence-corrected chi connectivity index (χ2v) is 8.31. The molecule has 0 spiro atoms. The first-order valence-electron chi connectivity index (χ1n) is 11.4. The molecule has 2 aromatic rings. The second-order valence-electron chi connectivity index (χ2n) is 7.87. The lowest BCUT2D eigenvalue weighted by atomic mass is 9.95. The first-order valence-corrected chi connectivity index (χ1v) is 11.8. The summed E-state index contributed by atoms with van der Waals surface area (Å²) >= 11 is 5.99. The molecule has 34 heavy (non-hydrogen) atoms. The molecule has 1 heterocycles. The molecule has 1 N–H and O–H groups in total. The summed E-state index contributed by atoms with van der Waals surface area (Å²) in [7, 11) is 1.53. The van der Waals surface area contributed by atoms with Crippen molar-refractivity contribution in [2.45, 2.75) is 26.8 Å². The van der Waals surface area contributed by atoms with Gasteiger partial charge in [0.05, 0.1) is 25.3 Å². The molecule has 0 unspecified atom stereocenters. The number of likely N-dealkylation sites (tertiary alicyclic amines) is 1. The number of ether oxygens (including phenoxy) is 2. The SMILES string of the molecule is CCOc1ccc([C@@H]2/C(=C(\O)c3ccc(Cl)cc3)C(=O)C(=O)N2CCN(CC)CC)cc1OC. The summed E-state index contributed by atoms with van der Waals surface area (Å²) in [6, 6.07) is 11.0. The average Bonchev–Trinajstić information content (AvgIpc) is 3.10. The van der Waals surface area contributed by atoms with Crippen LogP contribution < -0.4 is 9.47 Å². The molecule has 1 aliphatic heterocycles. The summed E-state index contributed by atoms with van der Waals surface area (Å²) in [5.74, 6) is -0.546. The van der Waals surface area contributed by atoms with Crippen LogP contribution in [0.4, 0.5) is 0 Å². The number of halogens is 1. The topological polar surface area (TPSA) is 79.3 Å². The lowest BCUT2D eigenvalue weighted by Gasteiger charge is -2.28. The molecule has 7 nitrogen and oxygen atoms in total. The second kappa shape index (κ2) is 11.4. The van der Waals surface area contributed by atoms with Crippen LogP contribution in [-0.4, -0.2) is 66.5 Å². The van der Waals surface area contributed by atoms with E-state index in [2.05, 4.69) is 4.90 Å². The van der Waals surface area contributed by atoms with Gasteiger partial charge >= 0.3 is 0 Å². The number of nitrogens with zero attached hydrogens (tertiary/aromatic N) is 2. The van der Waals surface area contributed by atoms with Gasteiger partial charge in [-0.2, -0.15) is 0 Å². The van der Waals surface area contributed by atoms with Crippen molar-refractivity contribution in [3.63, 3.8) is 0 Å². The van der Waals surface area contributed by atoms with Gasteiger partial charge in [-0.3, -0.25) is 9.59 Å². The monoisotopic (exact) mass is 486 g/mol. The van der Waals surface area contributed by atoms with Crippen LogP contribution in [0.5, 0.6) is 11.5 Å². The van der Waals surface area contributed by atoms with E-state index in [1.165, 1.54) is 12.0 Å². The van der Waals surface area contributed by atoms with Gasteiger partial charge in [0.2, 0.25) is 0 Å². The van der Waals surface area contributed by atoms with Gasteiger partial charge < -0.3 is 24.4 Å². The van der Waals surface area contributed by atoms with Gasteiger partial charge in [0, 0.05) is 23.7 Å². The zero-order valence-electron chi connectivity index (χ0n) is 20.0. The Morgan fingerprint density at radius 3 is 2.32 bits per heavy atom. The van der Waals surface area contributed by atoms with Crippen LogP contribution in [0.3, 0.4) is 0 Å². The number of likely N-dealkylation sites (N-methyl/N-ethyl adjacent to an activating group) is 1. The van der Waals surface area contributed by atoms with Crippen molar-refractivity contribution in [3.8, 4) is 11.5 Å². The quantitative estimate of drug-likeness (QED) is 0.302. The van der Waals surface area contributed by atoms with Crippen LogP contribution in [0.25, 0.3) is 5.76 Å². The number of rotatable bonds is 10. The molecular weight excluding hydrogens is 456 g/mol. The van der Waals surface area contributed by atoms with Crippen LogP contribution in [0.15, 0.2) is 48.0 Å². The normalized spacial score (nSPS) is 17.5. The van der Waals surface area contributed by atoms with Gasteiger partial charge in [-0.1, -0.05) is 31.5 Å². The molecule has 1 amide bonds. The summed E-state index contributed by atoms with van der Waals surface area (Å²) < 4.78 is 11.1. The van der Waals surface area contributed by atoms with E-state index in [0.29, 0.717) is 47.3 Å². The zero-order valence-corrected chi connectivity index (χ0v) is 20.8. The Bertz CT molecular complexity index is 1060. The van der Waals surface area contributed by atoms with Crippen molar-refractivity contribution < 1.29 is 24.2 Å². The predicted octanol–water partition coefficient (Wildman–Crippen LogP) is 4.51. The number of carbonyl (C=O) groups excluding carboxylic acids is 2.